The number of hydrogen-bond donors (Lipinski definition) is 3. The second-order valence-electron chi connectivity index (χ2n) is 14.2. The van der Waals surface area contributed by atoms with Gasteiger partial charge in [-0.2, -0.15) is 5.10 Å². The lowest BCUT2D eigenvalue weighted by Crippen LogP contribution is -2.47. The van der Waals surface area contributed by atoms with Crippen LogP contribution in [0.5, 0.6) is 0 Å². The molecule has 2 aliphatic heterocycles. The maximum atomic E-state index is 12.1. The molecule has 3 N–H and O–H groups in total. The average Bonchev–Trinajstić information content (AvgIpc) is 3.51. The van der Waals surface area contributed by atoms with Gasteiger partial charge in [-0.05, 0) is 112 Å². The number of rotatable bonds is 11. The maximum absolute atomic E-state index is 12.1. The molecule has 264 valence electrons. The van der Waals surface area contributed by atoms with Gasteiger partial charge >= 0.3 is 6.09 Å². The lowest BCUT2D eigenvalue weighted by molar-refractivity contribution is -0.133. The third-order valence-corrected chi connectivity index (χ3v) is 9.27. The summed E-state index contributed by atoms with van der Waals surface area (Å²) in [4.78, 5) is 42.6. The number of anilines is 1. The van der Waals surface area contributed by atoms with Gasteiger partial charge in [0.05, 0.1) is 24.4 Å². The van der Waals surface area contributed by atoms with Gasteiger partial charge in [0.1, 0.15) is 18.0 Å². The first-order chi connectivity index (χ1) is 24.0. The number of carbonyl (C=O) groups is 3. The number of hydrogen-bond acceptors (Lipinski definition) is 9. The van der Waals surface area contributed by atoms with Crippen molar-refractivity contribution in [2.24, 2.45) is 0 Å². The fourth-order valence-corrected chi connectivity index (χ4v) is 6.57. The number of ether oxygens (including phenoxy) is 2. The number of amides is 3. The van der Waals surface area contributed by atoms with E-state index in [4.69, 9.17) is 9.47 Å². The maximum Gasteiger partial charge on any atom is 0.407 e. The molecule has 6 rings (SSSR count). The molecule has 3 amide bonds. The highest BCUT2D eigenvalue weighted by Crippen LogP contribution is 2.30. The fraction of sp³-hybridized carbons (Fsp3) is 0.447. The Bertz CT molecular complexity index is 1820. The zero-order valence-corrected chi connectivity index (χ0v) is 29.3. The van der Waals surface area contributed by atoms with E-state index in [1.54, 1.807) is 6.33 Å². The monoisotopic (exact) mass is 681 g/mol. The van der Waals surface area contributed by atoms with Crippen LogP contribution in [0.25, 0.3) is 16.8 Å². The van der Waals surface area contributed by atoms with Gasteiger partial charge in [-0.15, -0.1) is 0 Å². The average molecular weight is 682 g/mol. The zero-order chi connectivity index (χ0) is 35.3. The van der Waals surface area contributed by atoms with Gasteiger partial charge < -0.3 is 25.0 Å². The number of nitrogens with one attached hydrogen (secondary N) is 3. The molecule has 0 spiro atoms. The summed E-state index contributed by atoms with van der Waals surface area (Å²) in [6, 6.07) is 16.2. The number of imide groups is 1. The van der Waals surface area contributed by atoms with Gasteiger partial charge in [-0.25, -0.2) is 14.3 Å². The number of benzene rings is 2. The standard InChI is InChI=1S/C38H47N7O5/c1-25-19-29(5-6-30(25)21-39-37(48)50-38(2,3)4)35-33-20-26(22-45(33)41-24-40-35)23-49-18-17-44-15-13-28(14-16-44)27-7-9-31(10-8-27)42-32-11-12-34(46)43-36(32)47/h5-10,19-20,22,24,28,32,42H,11-18,21,23H2,1-4H3,(H,39,48)(H,43,46,47). The van der Waals surface area contributed by atoms with Crippen molar-refractivity contribution < 1.29 is 23.9 Å². The van der Waals surface area contributed by atoms with Crippen molar-refractivity contribution >= 4 is 29.1 Å². The van der Waals surface area contributed by atoms with E-state index in [2.05, 4.69) is 55.2 Å². The summed E-state index contributed by atoms with van der Waals surface area (Å²) < 4.78 is 13.3. The summed E-state index contributed by atoms with van der Waals surface area (Å²) in [7, 11) is 0. The first-order valence-electron chi connectivity index (χ1n) is 17.4. The minimum Gasteiger partial charge on any atom is -0.444 e. The largest absolute Gasteiger partial charge is 0.444 e. The summed E-state index contributed by atoms with van der Waals surface area (Å²) in [5.74, 6) is 0.0483. The van der Waals surface area contributed by atoms with Gasteiger partial charge in [-0.3, -0.25) is 14.9 Å². The minimum atomic E-state index is -0.543. The molecule has 2 aromatic carbocycles. The Kier molecular flexibility index (Phi) is 10.8. The number of fused-ring (bicyclic) bond motifs is 1. The van der Waals surface area contributed by atoms with Crippen LogP contribution in [0.2, 0.25) is 0 Å². The quantitative estimate of drug-likeness (QED) is 0.141. The number of likely N-dealkylation sites (tertiary alicyclic amines) is 1. The van der Waals surface area contributed by atoms with E-state index in [0.29, 0.717) is 38.5 Å². The van der Waals surface area contributed by atoms with Crippen molar-refractivity contribution in [2.75, 3.05) is 31.6 Å². The molecule has 2 saturated heterocycles. The number of alkyl carbamates (subject to hydrolysis) is 1. The lowest BCUT2D eigenvalue weighted by Gasteiger charge is -2.32. The Hall–Kier alpha value is -4.81. The van der Waals surface area contributed by atoms with E-state index in [1.165, 1.54) is 5.56 Å². The molecule has 12 heteroatoms. The molecule has 4 aromatic rings. The number of aromatic nitrogens is 3. The van der Waals surface area contributed by atoms with Crippen molar-refractivity contribution in [3.63, 3.8) is 0 Å². The van der Waals surface area contributed by atoms with Crippen LogP contribution in [0.3, 0.4) is 0 Å². The summed E-state index contributed by atoms with van der Waals surface area (Å²) >= 11 is 0. The van der Waals surface area contributed by atoms with E-state index in [9.17, 15) is 14.4 Å². The smallest absolute Gasteiger partial charge is 0.407 e. The minimum absolute atomic E-state index is 0.205. The molecule has 2 aromatic heterocycles. The second-order valence-corrected chi connectivity index (χ2v) is 14.2. The van der Waals surface area contributed by atoms with Gasteiger partial charge in [0.25, 0.3) is 0 Å². The van der Waals surface area contributed by atoms with Crippen molar-refractivity contribution in [1.82, 2.24) is 30.1 Å². The van der Waals surface area contributed by atoms with Crippen LogP contribution in [-0.2, 0) is 32.2 Å². The van der Waals surface area contributed by atoms with Crippen LogP contribution in [0.1, 0.15) is 74.6 Å². The number of carbonyl (C=O) groups excluding carboxylic acids is 3. The molecule has 2 aliphatic rings. The van der Waals surface area contributed by atoms with Gasteiger partial charge in [0.2, 0.25) is 11.8 Å². The molecule has 0 saturated carbocycles. The first-order valence-corrected chi connectivity index (χ1v) is 17.4. The Balaban J connectivity index is 0.949. The van der Waals surface area contributed by atoms with Gasteiger partial charge in [0.15, 0.2) is 0 Å². The van der Waals surface area contributed by atoms with Crippen molar-refractivity contribution in [2.45, 2.75) is 84.1 Å². The van der Waals surface area contributed by atoms with E-state index in [0.717, 1.165) is 71.6 Å². The van der Waals surface area contributed by atoms with Crippen LogP contribution >= 0.6 is 0 Å². The number of piperidine rings is 2. The van der Waals surface area contributed by atoms with Crippen LogP contribution in [0, 0.1) is 6.92 Å². The van der Waals surface area contributed by atoms with E-state index < -0.39 is 11.7 Å². The topological polar surface area (TPSA) is 139 Å². The van der Waals surface area contributed by atoms with Gasteiger partial charge in [-0.1, -0.05) is 24.3 Å². The molecule has 2 fully saturated rings. The molecule has 1 atom stereocenters. The highest BCUT2D eigenvalue weighted by Gasteiger charge is 2.26. The Labute approximate surface area is 292 Å². The summed E-state index contributed by atoms with van der Waals surface area (Å²) in [6.07, 6.45) is 6.18. The van der Waals surface area contributed by atoms with Gasteiger partial charge in [0, 0.05) is 37.0 Å². The highest BCUT2D eigenvalue weighted by atomic mass is 16.6. The highest BCUT2D eigenvalue weighted by molar-refractivity contribution is 6.01. The molecular weight excluding hydrogens is 634 g/mol. The van der Waals surface area contributed by atoms with Crippen LogP contribution in [-0.4, -0.2) is 75.3 Å². The molecule has 0 radical (unpaired) electrons. The third-order valence-electron chi connectivity index (χ3n) is 9.27. The summed E-state index contributed by atoms with van der Waals surface area (Å²) in [5.41, 5.74) is 7.49. The summed E-state index contributed by atoms with van der Waals surface area (Å²) in [5, 5.41) is 12.9. The van der Waals surface area contributed by atoms with E-state index in [1.807, 2.05) is 62.7 Å². The molecule has 50 heavy (non-hydrogen) atoms. The molecule has 1 unspecified atom stereocenters. The van der Waals surface area contributed by atoms with Crippen LogP contribution in [0.4, 0.5) is 10.5 Å². The van der Waals surface area contributed by atoms with Crippen LogP contribution < -0.4 is 16.0 Å². The molecular formula is C38H47N7O5. The Morgan fingerprint density at radius 2 is 1.82 bits per heavy atom. The summed E-state index contributed by atoms with van der Waals surface area (Å²) in [6.45, 7) is 12.0. The second kappa shape index (κ2) is 15.4. The zero-order valence-electron chi connectivity index (χ0n) is 29.3. The molecule has 0 aliphatic carbocycles. The third kappa shape index (κ3) is 9.05. The molecule has 4 heterocycles. The normalized spacial score (nSPS) is 17.5. The predicted octanol–water partition coefficient (Wildman–Crippen LogP) is 5.34. The Morgan fingerprint density at radius 1 is 1.04 bits per heavy atom. The van der Waals surface area contributed by atoms with E-state index >= 15 is 0 Å². The van der Waals surface area contributed by atoms with Crippen molar-refractivity contribution in [3.05, 3.63) is 83.3 Å². The van der Waals surface area contributed by atoms with Crippen molar-refractivity contribution in [3.8, 4) is 11.3 Å². The lowest BCUT2D eigenvalue weighted by atomic mass is 9.89. The Morgan fingerprint density at radius 3 is 2.54 bits per heavy atom. The SMILES string of the molecule is Cc1cc(-c2ncnn3cc(COCCN4CCC(c5ccc(NC6CCC(=O)NC6=O)cc5)CC4)cc23)ccc1CNC(=O)OC(C)(C)C. The first kappa shape index (κ1) is 35.0. The van der Waals surface area contributed by atoms with Crippen LogP contribution in [0.15, 0.2) is 61.1 Å². The number of aryl methyl sites for hydroxylation is 1. The molecule has 12 nitrogen and oxygen atoms in total. The van der Waals surface area contributed by atoms with E-state index in [-0.39, 0.29) is 17.9 Å². The number of nitrogens with zero attached hydrogens (tertiary/aromatic N) is 4. The van der Waals surface area contributed by atoms with Crippen molar-refractivity contribution in [1.29, 1.82) is 0 Å². The predicted molar refractivity (Wildman–Crippen MR) is 191 cm³/mol. The fourth-order valence-electron chi connectivity index (χ4n) is 6.57. The molecule has 0 bridgehead atoms.